The van der Waals surface area contributed by atoms with Crippen LogP contribution in [0, 0.1) is 0 Å². The summed E-state index contributed by atoms with van der Waals surface area (Å²) in [7, 11) is 3.44. The average Bonchev–Trinajstić information content (AvgIpc) is 2.62. The van der Waals surface area contributed by atoms with Gasteiger partial charge in [-0.15, -0.1) is 0 Å². The van der Waals surface area contributed by atoms with Crippen LogP contribution in [-0.2, 0) is 11.8 Å². The van der Waals surface area contributed by atoms with Gasteiger partial charge in [0.05, 0.1) is 12.7 Å². The number of rotatable bonds is 5. The number of anilines is 1. The SMILES string of the molecule is CCCSc1nc(=O)c2c(n1C)NC(=O)CC2c1ccc(OC)cc1. The largest absolute Gasteiger partial charge is 0.497 e. The predicted molar refractivity (Wildman–Crippen MR) is 98.6 cm³/mol. The molecule has 0 fully saturated rings. The number of nitrogens with one attached hydrogen (secondary N) is 1. The smallest absolute Gasteiger partial charge is 0.279 e. The Morgan fingerprint density at radius 1 is 1.32 bits per heavy atom. The molecule has 0 spiro atoms. The van der Waals surface area contributed by atoms with Gasteiger partial charge in [0, 0.05) is 25.1 Å². The highest BCUT2D eigenvalue weighted by molar-refractivity contribution is 7.99. The maximum atomic E-state index is 12.7. The van der Waals surface area contributed by atoms with E-state index in [0.29, 0.717) is 16.5 Å². The van der Waals surface area contributed by atoms with Crippen molar-refractivity contribution in [1.29, 1.82) is 0 Å². The lowest BCUT2D eigenvalue weighted by Gasteiger charge is -2.27. The van der Waals surface area contributed by atoms with Gasteiger partial charge >= 0.3 is 0 Å². The molecule has 1 amide bonds. The summed E-state index contributed by atoms with van der Waals surface area (Å²) >= 11 is 1.52. The van der Waals surface area contributed by atoms with Crippen molar-refractivity contribution in [2.45, 2.75) is 30.8 Å². The summed E-state index contributed by atoms with van der Waals surface area (Å²) in [6.45, 7) is 2.07. The van der Waals surface area contributed by atoms with Gasteiger partial charge in [0.2, 0.25) is 5.91 Å². The van der Waals surface area contributed by atoms with Crippen LogP contribution in [0.15, 0.2) is 34.2 Å². The van der Waals surface area contributed by atoms with Crippen molar-refractivity contribution < 1.29 is 9.53 Å². The van der Waals surface area contributed by atoms with Crippen molar-refractivity contribution in [2.75, 3.05) is 18.2 Å². The molecule has 0 bridgehead atoms. The molecule has 1 unspecified atom stereocenters. The number of hydrogen-bond acceptors (Lipinski definition) is 5. The minimum atomic E-state index is -0.300. The van der Waals surface area contributed by atoms with Crippen molar-refractivity contribution in [1.82, 2.24) is 9.55 Å². The number of carbonyl (C=O) groups excluding carboxylic acids is 1. The van der Waals surface area contributed by atoms with E-state index < -0.39 is 0 Å². The topological polar surface area (TPSA) is 73.2 Å². The van der Waals surface area contributed by atoms with Gasteiger partial charge in [0.25, 0.3) is 5.56 Å². The first-order valence-corrected chi connectivity index (χ1v) is 9.21. The maximum Gasteiger partial charge on any atom is 0.279 e. The van der Waals surface area contributed by atoms with E-state index in [-0.39, 0.29) is 23.8 Å². The summed E-state index contributed by atoms with van der Waals surface area (Å²) in [5.41, 5.74) is 1.19. The van der Waals surface area contributed by atoms with Gasteiger partial charge in [-0.3, -0.25) is 9.59 Å². The van der Waals surface area contributed by atoms with Gasteiger partial charge in [-0.05, 0) is 24.1 Å². The highest BCUT2D eigenvalue weighted by atomic mass is 32.2. The van der Waals surface area contributed by atoms with Crippen molar-refractivity contribution in [2.24, 2.45) is 7.05 Å². The zero-order valence-corrected chi connectivity index (χ0v) is 15.4. The van der Waals surface area contributed by atoms with Crippen LogP contribution in [0.2, 0.25) is 0 Å². The molecule has 1 aliphatic heterocycles. The lowest BCUT2D eigenvalue weighted by molar-refractivity contribution is -0.116. The molecule has 1 aromatic heterocycles. The minimum Gasteiger partial charge on any atom is -0.497 e. The number of ether oxygens (including phenoxy) is 1. The van der Waals surface area contributed by atoms with E-state index in [9.17, 15) is 9.59 Å². The Kier molecular flexibility index (Phi) is 5.13. The second kappa shape index (κ2) is 7.31. The summed E-state index contributed by atoms with van der Waals surface area (Å²) in [5.74, 6) is 1.76. The Morgan fingerprint density at radius 2 is 2.04 bits per heavy atom. The Balaban J connectivity index is 2.09. The third-order valence-electron chi connectivity index (χ3n) is 4.25. The number of amides is 1. The van der Waals surface area contributed by atoms with E-state index in [0.717, 1.165) is 23.5 Å². The van der Waals surface area contributed by atoms with Crippen molar-refractivity contribution in [3.8, 4) is 5.75 Å². The summed E-state index contributed by atoms with van der Waals surface area (Å²) in [4.78, 5) is 29.2. The molecule has 1 atom stereocenters. The summed E-state index contributed by atoms with van der Waals surface area (Å²) < 4.78 is 6.99. The van der Waals surface area contributed by atoms with Crippen LogP contribution in [0.4, 0.5) is 5.82 Å². The van der Waals surface area contributed by atoms with Gasteiger partial charge in [0.1, 0.15) is 11.6 Å². The number of nitrogens with zero attached hydrogens (tertiary/aromatic N) is 2. The normalized spacial score (nSPS) is 16.3. The molecule has 0 saturated carbocycles. The summed E-state index contributed by atoms with van der Waals surface area (Å²) in [6.07, 6.45) is 1.22. The van der Waals surface area contributed by atoms with Gasteiger partial charge in [-0.25, -0.2) is 0 Å². The minimum absolute atomic E-state index is 0.0963. The van der Waals surface area contributed by atoms with Crippen LogP contribution in [0.5, 0.6) is 5.75 Å². The first kappa shape index (κ1) is 17.5. The van der Waals surface area contributed by atoms with Crippen LogP contribution in [0.25, 0.3) is 0 Å². The molecule has 3 rings (SSSR count). The molecule has 1 aliphatic rings. The molecule has 2 heterocycles. The maximum absolute atomic E-state index is 12.7. The molecule has 6 nitrogen and oxygen atoms in total. The lowest BCUT2D eigenvalue weighted by Crippen LogP contribution is -2.33. The zero-order valence-electron chi connectivity index (χ0n) is 14.5. The van der Waals surface area contributed by atoms with Gasteiger partial charge in [0.15, 0.2) is 5.16 Å². The van der Waals surface area contributed by atoms with Crippen LogP contribution in [0.1, 0.15) is 36.8 Å². The number of carbonyl (C=O) groups is 1. The molecule has 2 aromatic rings. The Hall–Kier alpha value is -2.28. The second-order valence-electron chi connectivity index (χ2n) is 5.95. The summed E-state index contributed by atoms with van der Waals surface area (Å²) in [6, 6.07) is 7.46. The van der Waals surface area contributed by atoms with Gasteiger partial charge in [-0.1, -0.05) is 30.8 Å². The first-order chi connectivity index (χ1) is 12.0. The van der Waals surface area contributed by atoms with E-state index in [4.69, 9.17) is 4.74 Å². The second-order valence-corrected chi connectivity index (χ2v) is 7.01. The Morgan fingerprint density at radius 3 is 2.68 bits per heavy atom. The zero-order chi connectivity index (χ0) is 18.0. The monoisotopic (exact) mass is 359 g/mol. The fourth-order valence-corrected chi connectivity index (χ4v) is 3.80. The molecule has 7 heteroatoms. The van der Waals surface area contributed by atoms with Crippen LogP contribution >= 0.6 is 11.8 Å². The molecular weight excluding hydrogens is 338 g/mol. The molecule has 25 heavy (non-hydrogen) atoms. The van der Waals surface area contributed by atoms with E-state index in [1.165, 1.54) is 11.8 Å². The van der Waals surface area contributed by atoms with Gasteiger partial charge in [-0.2, -0.15) is 4.98 Å². The number of fused-ring (bicyclic) bond motifs is 1. The Bertz CT molecular complexity index is 846. The lowest BCUT2D eigenvalue weighted by atomic mass is 9.87. The third kappa shape index (κ3) is 3.42. The molecule has 0 aliphatic carbocycles. The third-order valence-corrected chi connectivity index (χ3v) is 5.49. The van der Waals surface area contributed by atoms with E-state index in [2.05, 4.69) is 17.2 Å². The predicted octanol–water partition coefficient (Wildman–Crippen LogP) is 2.77. The van der Waals surface area contributed by atoms with Crippen LogP contribution in [-0.4, -0.2) is 28.3 Å². The van der Waals surface area contributed by atoms with Crippen molar-refractivity contribution >= 4 is 23.5 Å². The van der Waals surface area contributed by atoms with E-state index >= 15 is 0 Å². The average molecular weight is 359 g/mol. The molecule has 0 radical (unpaired) electrons. The molecule has 1 N–H and O–H groups in total. The molecule has 1 aromatic carbocycles. The number of aromatic nitrogens is 2. The molecule has 0 saturated heterocycles. The first-order valence-electron chi connectivity index (χ1n) is 8.22. The summed E-state index contributed by atoms with van der Waals surface area (Å²) in [5, 5.41) is 3.48. The highest BCUT2D eigenvalue weighted by Gasteiger charge is 2.32. The fraction of sp³-hybridized carbons (Fsp3) is 0.389. The Labute approximate surface area is 150 Å². The molecule has 132 valence electrons. The van der Waals surface area contributed by atoms with Crippen LogP contribution in [0.3, 0.4) is 0 Å². The van der Waals surface area contributed by atoms with Crippen molar-refractivity contribution in [3.63, 3.8) is 0 Å². The van der Waals surface area contributed by atoms with E-state index in [1.807, 2.05) is 35.9 Å². The standard InChI is InChI=1S/C18H21N3O3S/c1-4-9-25-18-20-17(23)15-13(10-14(22)19-16(15)21(18)2)11-5-7-12(24-3)8-6-11/h5-8,13H,4,9-10H2,1-3H3,(H,19,22). The fourth-order valence-electron chi connectivity index (χ4n) is 2.98. The van der Waals surface area contributed by atoms with Crippen LogP contribution < -0.4 is 15.6 Å². The number of benzene rings is 1. The van der Waals surface area contributed by atoms with Gasteiger partial charge < -0.3 is 14.6 Å². The highest BCUT2D eigenvalue weighted by Crippen LogP contribution is 2.36. The molecular formula is C18H21N3O3S. The quantitative estimate of drug-likeness (QED) is 0.656. The van der Waals surface area contributed by atoms with Crippen molar-refractivity contribution in [3.05, 3.63) is 45.7 Å². The number of hydrogen-bond donors (Lipinski definition) is 1. The number of thioether (sulfide) groups is 1. The number of methoxy groups -OCH3 is 1. The van der Waals surface area contributed by atoms with E-state index in [1.54, 1.807) is 7.11 Å².